The number of methoxy groups -OCH3 is 1. The van der Waals surface area contributed by atoms with Gasteiger partial charge in [0.1, 0.15) is 11.3 Å². The van der Waals surface area contributed by atoms with Gasteiger partial charge in [0, 0.05) is 5.39 Å². The van der Waals surface area contributed by atoms with Crippen molar-refractivity contribution < 1.29 is 14.6 Å². The van der Waals surface area contributed by atoms with E-state index in [1.54, 1.807) is 6.07 Å². The molecule has 0 atom stereocenters. The zero-order valence-electron chi connectivity index (χ0n) is 11.3. The van der Waals surface area contributed by atoms with Crippen LogP contribution in [-0.2, 0) is 4.74 Å². The van der Waals surface area contributed by atoms with E-state index in [9.17, 15) is 9.90 Å². The lowest BCUT2D eigenvalue weighted by Gasteiger charge is -2.12. The van der Waals surface area contributed by atoms with Gasteiger partial charge < -0.3 is 9.84 Å². The number of carbonyl (C=O) groups excluding carboxylic acids is 1. The number of phenolic OH excluding ortho intramolecular Hbond substituents is 1. The van der Waals surface area contributed by atoms with Crippen molar-refractivity contribution in [2.45, 2.75) is 6.92 Å². The summed E-state index contributed by atoms with van der Waals surface area (Å²) in [6.07, 6.45) is 0. The highest BCUT2D eigenvalue weighted by Crippen LogP contribution is 2.35. The molecule has 0 radical (unpaired) electrons. The molecule has 20 heavy (non-hydrogen) atoms. The second-order valence-corrected chi connectivity index (χ2v) is 4.79. The molecule has 0 unspecified atom stereocenters. The number of aromatic hydroxyl groups is 1. The summed E-state index contributed by atoms with van der Waals surface area (Å²) in [5.74, 6) is -0.568. The zero-order chi connectivity index (χ0) is 14.3. The lowest BCUT2D eigenvalue weighted by molar-refractivity contribution is 0.0600. The molecule has 3 heteroatoms. The van der Waals surface area contributed by atoms with Crippen LogP contribution in [0.1, 0.15) is 15.9 Å². The van der Waals surface area contributed by atoms with Crippen LogP contribution in [0.15, 0.2) is 42.5 Å². The standard InChI is InChI=1S/C17H14O3/c1-10-9-14(18)16(17(19)20-2)15-12(10)8-7-11-5-3-4-6-13(11)15/h3-9,18H,1-2H3. The zero-order valence-corrected chi connectivity index (χ0v) is 11.3. The van der Waals surface area contributed by atoms with Crippen molar-refractivity contribution in [3.8, 4) is 5.75 Å². The van der Waals surface area contributed by atoms with Crippen LogP contribution >= 0.6 is 0 Å². The number of carbonyl (C=O) groups is 1. The van der Waals surface area contributed by atoms with Crippen LogP contribution in [0.4, 0.5) is 0 Å². The summed E-state index contributed by atoms with van der Waals surface area (Å²) in [4.78, 5) is 12.0. The molecule has 0 saturated carbocycles. The topological polar surface area (TPSA) is 46.5 Å². The summed E-state index contributed by atoms with van der Waals surface area (Å²) >= 11 is 0. The predicted octanol–water partition coefficient (Wildman–Crippen LogP) is 3.79. The van der Waals surface area contributed by atoms with Crippen molar-refractivity contribution in [3.63, 3.8) is 0 Å². The first-order valence-corrected chi connectivity index (χ1v) is 6.36. The van der Waals surface area contributed by atoms with Crippen LogP contribution in [0.5, 0.6) is 5.75 Å². The normalized spacial score (nSPS) is 10.9. The summed E-state index contributed by atoms with van der Waals surface area (Å²) in [6, 6.07) is 13.4. The lowest BCUT2D eigenvalue weighted by atomic mass is 9.94. The molecular weight excluding hydrogens is 252 g/mol. The number of hydrogen-bond donors (Lipinski definition) is 1. The van der Waals surface area contributed by atoms with Crippen molar-refractivity contribution in [2.24, 2.45) is 0 Å². The monoisotopic (exact) mass is 266 g/mol. The maximum Gasteiger partial charge on any atom is 0.342 e. The Hall–Kier alpha value is -2.55. The molecule has 0 heterocycles. The van der Waals surface area contributed by atoms with Gasteiger partial charge in [-0.25, -0.2) is 4.79 Å². The molecule has 0 bridgehead atoms. The highest BCUT2D eigenvalue weighted by Gasteiger charge is 2.19. The first-order valence-electron chi connectivity index (χ1n) is 6.36. The number of fused-ring (bicyclic) bond motifs is 3. The van der Waals surface area contributed by atoms with Crippen molar-refractivity contribution in [3.05, 3.63) is 53.6 Å². The summed E-state index contributed by atoms with van der Waals surface area (Å²) in [6.45, 7) is 1.91. The summed E-state index contributed by atoms with van der Waals surface area (Å²) < 4.78 is 4.82. The molecule has 0 aromatic heterocycles. The maximum absolute atomic E-state index is 12.0. The van der Waals surface area contributed by atoms with Crippen molar-refractivity contribution in [2.75, 3.05) is 7.11 Å². The minimum Gasteiger partial charge on any atom is -0.507 e. The number of ether oxygens (including phenoxy) is 1. The van der Waals surface area contributed by atoms with Crippen LogP contribution in [0.3, 0.4) is 0 Å². The van der Waals surface area contributed by atoms with Crippen LogP contribution in [0.25, 0.3) is 21.5 Å². The lowest BCUT2D eigenvalue weighted by Crippen LogP contribution is -2.03. The highest BCUT2D eigenvalue weighted by molar-refractivity contribution is 6.18. The van der Waals surface area contributed by atoms with E-state index in [2.05, 4.69) is 0 Å². The van der Waals surface area contributed by atoms with Gasteiger partial charge in [-0.3, -0.25) is 0 Å². The van der Waals surface area contributed by atoms with E-state index in [4.69, 9.17) is 4.74 Å². The average molecular weight is 266 g/mol. The molecule has 1 N–H and O–H groups in total. The van der Waals surface area contributed by atoms with Gasteiger partial charge in [-0.2, -0.15) is 0 Å². The Morgan fingerprint density at radius 3 is 2.60 bits per heavy atom. The molecular formula is C17H14O3. The van der Waals surface area contributed by atoms with Crippen molar-refractivity contribution in [1.82, 2.24) is 0 Å². The van der Waals surface area contributed by atoms with Gasteiger partial charge in [0.2, 0.25) is 0 Å². The first kappa shape index (κ1) is 12.5. The minimum atomic E-state index is -0.524. The van der Waals surface area contributed by atoms with E-state index in [1.807, 2.05) is 43.3 Å². The maximum atomic E-state index is 12.0. The van der Waals surface area contributed by atoms with Crippen LogP contribution in [0.2, 0.25) is 0 Å². The quantitative estimate of drug-likeness (QED) is 0.538. The predicted molar refractivity (Wildman–Crippen MR) is 79.2 cm³/mol. The molecule has 3 rings (SSSR count). The van der Waals surface area contributed by atoms with E-state index in [1.165, 1.54) is 7.11 Å². The Kier molecular flexibility index (Phi) is 2.83. The van der Waals surface area contributed by atoms with Crippen LogP contribution in [-0.4, -0.2) is 18.2 Å². The molecule has 0 spiro atoms. The molecule has 0 aliphatic rings. The van der Waals surface area contributed by atoms with Crippen molar-refractivity contribution in [1.29, 1.82) is 0 Å². The van der Waals surface area contributed by atoms with Gasteiger partial charge >= 0.3 is 5.97 Å². The Balaban J connectivity index is 2.60. The van der Waals surface area contributed by atoms with Crippen molar-refractivity contribution >= 4 is 27.5 Å². The molecule has 0 fully saturated rings. The largest absolute Gasteiger partial charge is 0.507 e. The summed E-state index contributed by atoms with van der Waals surface area (Å²) in [5, 5.41) is 13.8. The number of aryl methyl sites for hydroxylation is 1. The molecule has 3 nitrogen and oxygen atoms in total. The van der Waals surface area contributed by atoms with Gasteiger partial charge in [0.15, 0.2) is 0 Å². The highest BCUT2D eigenvalue weighted by atomic mass is 16.5. The van der Waals surface area contributed by atoms with Gasteiger partial charge in [-0.05, 0) is 34.7 Å². The van der Waals surface area contributed by atoms with E-state index in [-0.39, 0.29) is 11.3 Å². The summed E-state index contributed by atoms with van der Waals surface area (Å²) in [7, 11) is 1.32. The number of phenols is 1. The van der Waals surface area contributed by atoms with E-state index < -0.39 is 5.97 Å². The Bertz CT molecular complexity index is 834. The van der Waals surface area contributed by atoms with Gasteiger partial charge in [-0.15, -0.1) is 0 Å². The molecule has 0 saturated heterocycles. The Morgan fingerprint density at radius 1 is 1.10 bits per heavy atom. The molecule has 3 aromatic carbocycles. The number of esters is 1. The SMILES string of the molecule is COC(=O)c1c(O)cc(C)c2ccc3ccccc3c12. The molecule has 0 aliphatic heterocycles. The second-order valence-electron chi connectivity index (χ2n) is 4.79. The minimum absolute atomic E-state index is 0.0433. The van der Waals surface area contributed by atoms with Gasteiger partial charge in [-0.1, -0.05) is 36.4 Å². The average Bonchev–Trinajstić information content (AvgIpc) is 2.46. The third kappa shape index (κ3) is 1.71. The number of benzene rings is 3. The van der Waals surface area contributed by atoms with E-state index >= 15 is 0 Å². The fourth-order valence-electron chi connectivity index (χ4n) is 2.66. The van der Waals surface area contributed by atoms with Gasteiger partial charge in [0.05, 0.1) is 7.11 Å². The Morgan fingerprint density at radius 2 is 1.85 bits per heavy atom. The number of hydrogen-bond acceptors (Lipinski definition) is 3. The fraction of sp³-hybridized carbons (Fsp3) is 0.118. The van der Waals surface area contributed by atoms with E-state index in [0.29, 0.717) is 0 Å². The fourth-order valence-corrected chi connectivity index (χ4v) is 2.66. The smallest absolute Gasteiger partial charge is 0.342 e. The molecule has 0 amide bonds. The molecule has 3 aromatic rings. The molecule has 100 valence electrons. The Labute approximate surface area is 116 Å². The third-order valence-corrected chi connectivity index (χ3v) is 3.60. The van der Waals surface area contributed by atoms with E-state index in [0.717, 1.165) is 27.1 Å². The van der Waals surface area contributed by atoms with Crippen LogP contribution in [0, 0.1) is 6.92 Å². The van der Waals surface area contributed by atoms with Gasteiger partial charge in [0.25, 0.3) is 0 Å². The second kappa shape index (κ2) is 4.53. The first-order chi connectivity index (χ1) is 9.63. The third-order valence-electron chi connectivity index (χ3n) is 3.60. The number of rotatable bonds is 1. The molecule has 0 aliphatic carbocycles. The van der Waals surface area contributed by atoms with Crippen LogP contribution < -0.4 is 0 Å². The summed E-state index contributed by atoms with van der Waals surface area (Å²) in [5.41, 5.74) is 1.15.